The summed E-state index contributed by atoms with van der Waals surface area (Å²) in [6.07, 6.45) is 0. The van der Waals surface area contributed by atoms with E-state index in [1.54, 1.807) is 14.2 Å². The second kappa shape index (κ2) is 8.80. The number of hydrogen-bond donors (Lipinski definition) is 2. The third-order valence-electron chi connectivity index (χ3n) is 2.65. The Morgan fingerprint density at radius 1 is 1.38 bits per heavy atom. The van der Waals surface area contributed by atoms with Gasteiger partial charge in [-0.2, -0.15) is 0 Å². The monoisotopic (exact) mass is 296 g/mol. The van der Waals surface area contributed by atoms with E-state index in [4.69, 9.17) is 14.6 Å². The zero-order valence-corrected chi connectivity index (χ0v) is 12.2. The van der Waals surface area contributed by atoms with Crippen molar-refractivity contribution in [1.29, 1.82) is 0 Å². The summed E-state index contributed by atoms with van der Waals surface area (Å²) in [4.78, 5) is 23.6. The van der Waals surface area contributed by atoms with Crippen LogP contribution in [0, 0.1) is 0 Å². The lowest BCUT2D eigenvalue weighted by molar-refractivity contribution is -0.142. The molecular weight excluding hydrogens is 276 g/mol. The molecule has 0 aromatic heterocycles. The molecule has 1 aromatic rings. The molecule has 2 N–H and O–H groups in total. The number of rotatable bonds is 8. The second-order valence-corrected chi connectivity index (χ2v) is 4.39. The Morgan fingerprint density at radius 3 is 2.81 bits per heavy atom. The first kappa shape index (κ1) is 16.8. The minimum atomic E-state index is -1.03. The van der Waals surface area contributed by atoms with Gasteiger partial charge in [-0.15, -0.1) is 0 Å². The predicted molar refractivity (Wildman–Crippen MR) is 76.3 cm³/mol. The highest BCUT2D eigenvalue weighted by Crippen LogP contribution is 2.13. The molecular formula is C14H20N2O5. The van der Waals surface area contributed by atoms with Crippen LogP contribution in [0.2, 0.25) is 0 Å². The number of methoxy groups -OCH3 is 1. The molecule has 2 amide bonds. The number of ether oxygens (including phenoxy) is 2. The second-order valence-electron chi connectivity index (χ2n) is 4.39. The lowest BCUT2D eigenvalue weighted by atomic mass is 10.2. The van der Waals surface area contributed by atoms with Crippen LogP contribution in [-0.4, -0.2) is 55.9 Å². The van der Waals surface area contributed by atoms with Crippen LogP contribution in [0.4, 0.5) is 4.79 Å². The lowest BCUT2D eigenvalue weighted by Gasteiger charge is -2.18. The summed E-state index contributed by atoms with van der Waals surface area (Å²) in [5.41, 5.74) is 0.953. The van der Waals surface area contributed by atoms with Crippen molar-refractivity contribution in [3.05, 3.63) is 29.8 Å². The third-order valence-corrected chi connectivity index (χ3v) is 2.65. The third kappa shape index (κ3) is 6.62. The molecule has 21 heavy (non-hydrogen) atoms. The highest BCUT2D eigenvalue weighted by molar-refractivity contribution is 5.73. The van der Waals surface area contributed by atoms with E-state index in [9.17, 15) is 9.59 Å². The van der Waals surface area contributed by atoms with Gasteiger partial charge in [0, 0.05) is 20.1 Å². The molecule has 0 atom stereocenters. The molecule has 1 aromatic carbocycles. The number of amides is 2. The van der Waals surface area contributed by atoms with E-state index in [0.29, 0.717) is 6.54 Å². The molecule has 0 radical (unpaired) electrons. The number of carboxylic acid groups (broad SMARTS) is 1. The smallest absolute Gasteiger partial charge is 0.329 e. The summed E-state index contributed by atoms with van der Waals surface area (Å²) in [7, 11) is 3.26. The number of carbonyl (C=O) groups is 2. The van der Waals surface area contributed by atoms with E-state index >= 15 is 0 Å². The average molecular weight is 296 g/mol. The fourth-order valence-corrected chi connectivity index (χ4v) is 1.64. The molecule has 7 heteroatoms. The molecule has 0 saturated heterocycles. The minimum Gasteiger partial charge on any atom is -0.497 e. The zero-order valence-electron chi connectivity index (χ0n) is 12.2. The van der Waals surface area contributed by atoms with Gasteiger partial charge in [-0.1, -0.05) is 12.1 Å². The van der Waals surface area contributed by atoms with Crippen molar-refractivity contribution in [1.82, 2.24) is 10.2 Å². The highest BCUT2D eigenvalue weighted by atomic mass is 16.5. The first-order chi connectivity index (χ1) is 10.0. The Labute approximate surface area is 123 Å². The first-order valence-electron chi connectivity index (χ1n) is 6.44. The van der Waals surface area contributed by atoms with Crippen LogP contribution >= 0.6 is 0 Å². The normalized spacial score (nSPS) is 10.0. The van der Waals surface area contributed by atoms with Gasteiger partial charge in [0.2, 0.25) is 0 Å². The molecule has 116 valence electrons. The SMILES string of the molecule is COc1cccc(CN(C)C(=O)NCCOCC(=O)O)c1. The predicted octanol–water partition coefficient (Wildman–Crippen LogP) is 0.938. The average Bonchev–Trinajstić information content (AvgIpc) is 2.46. The van der Waals surface area contributed by atoms with Crippen molar-refractivity contribution in [2.75, 3.05) is 33.9 Å². The number of hydrogen-bond acceptors (Lipinski definition) is 4. The van der Waals surface area contributed by atoms with E-state index in [1.807, 2.05) is 24.3 Å². The molecule has 0 aliphatic carbocycles. The molecule has 1 rings (SSSR count). The van der Waals surface area contributed by atoms with E-state index in [-0.39, 0.29) is 25.8 Å². The van der Waals surface area contributed by atoms with E-state index in [1.165, 1.54) is 4.90 Å². The highest BCUT2D eigenvalue weighted by Gasteiger charge is 2.08. The van der Waals surface area contributed by atoms with Gasteiger partial charge in [0.1, 0.15) is 12.4 Å². The summed E-state index contributed by atoms with van der Waals surface area (Å²) >= 11 is 0. The van der Waals surface area contributed by atoms with Crippen LogP contribution in [-0.2, 0) is 16.1 Å². The summed E-state index contributed by atoms with van der Waals surface area (Å²) in [5, 5.41) is 11.0. The number of urea groups is 1. The number of carboxylic acids is 1. The Bertz CT molecular complexity index is 478. The fraction of sp³-hybridized carbons (Fsp3) is 0.429. The van der Waals surface area contributed by atoms with Gasteiger partial charge >= 0.3 is 12.0 Å². The van der Waals surface area contributed by atoms with Gasteiger partial charge in [-0.05, 0) is 17.7 Å². The summed E-state index contributed by atoms with van der Waals surface area (Å²) in [6, 6.07) is 7.21. The quantitative estimate of drug-likeness (QED) is 0.697. The van der Waals surface area contributed by atoms with Crippen LogP contribution < -0.4 is 10.1 Å². The van der Waals surface area contributed by atoms with Crippen molar-refractivity contribution in [2.45, 2.75) is 6.54 Å². The molecule has 7 nitrogen and oxygen atoms in total. The van der Waals surface area contributed by atoms with Crippen molar-refractivity contribution < 1.29 is 24.2 Å². The Hall–Kier alpha value is -2.28. The molecule has 0 spiro atoms. The topological polar surface area (TPSA) is 88.1 Å². The maximum Gasteiger partial charge on any atom is 0.329 e. The van der Waals surface area contributed by atoms with Gasteiger partial charge in [0.05, 0.1) is 13.7 Å². The van der Waals surface area contributed by atoms with Gasteiger partial charge in [0.15, 0.2) is 0 Å². The Kier molecular flexibility index (Phi) is 7.03. The molecule has 0 heterocycles. The number of nitrogens with zero attached hydrogens (tertiary/aromatic N) is 1. The van der Waals surface area contributed by atoms with Crippen molar-refractivity contribution in [3.8, 4) is 5.75 Å². The molecule has 0 unspecified atom stereocenters. The van der Waals surface area contributed by atoms with E-state index in [0.717, 1.165) is 11.3 Å². The maximum absolute atomic E-state index is 11.8. The molecule has 0 aliphatic rings. The Balaban J connectivity index is 2.31. The number of carbonyl (C=O) groups excluding carboxylic acids is 1. The fourth-order valence-electron chi connectivity index (χ4n) is 1.64. The minimum absolute atomic E-state index is 0.158. The van der Waals surface area contributed by atoms with Crippen LogP contribution in [0.15, 0.2) is 24.3 Å². The van der Waals surface area contributed by atoms with Crippen LogP contribution in [0.3, 0.4) is 0 Å². The van der Waals surface area contributed by atoms with E-state index < -0.39 is 5.97 Å². The largest absolute Gasteiger partial charge is 0.497 e. The lowest BCUT2D eigenvalue weighted by Crippen LogP contribution is -2.38. The summed E-state index contributed by atoms with van der Waals surface area (Å²) in [6.45, 7) is 0.494. The van der Waals surface area contributed by atoms with Gasteiger partial charge in [0.25, 0.3) is 0 Å². The van der Waals surface area contributed by atoms with E-state index in [2.05, 4.69) is 5.32 Å². The van der Waals surface area contributed by atoms with Gasteiger partial charge < -0.3 is 24.8 Å². The van der Waals surface area contributed by atoms with Crippen LogP contribution in [0.25, 0.3) is 0 Å². The van der Waals surface area contributed by atoms with Gasteiger partial charge in [-0.3, -0.25) is 0 Å². The van der Waals surface area contributed by atoms with Crippen molar-refractivity contribution >= 4 is 12.0 Å². The molecule has 0 aliphatic heterocycles. The molecule has 0 bridgehead atoms. The zero-order chi connectivity index (χ0) is 15.7. The number of aliphatic carboxylic acids is 1. The Morgan fingerprint density at radius 2 is 2.14 bits per heavy atom. The summed E-state index contributed by atoms with van der Waals surface area (Å²) < 4.78 is 9.95. The number of nitrogens with one attached hydrogen (secondary N) is 1. The standard InChI is InChI=1S/C14H20N2O5/c1-16(9-11-4-3-5-12(8-11)20-2)14(19)15-6-7-21-10-13(17)18/h3-5,8H,6-7,9-10H2,1-2H3,(H,15,19)(H,17,18). The van der Waals surface area contributed by atoms with Crippen LogP contribution in [0.1, 0.15) is 5.56 Å². The molecule has 0 saturated carbocycles. The maximum atomic E-state index is 11.8. The van der Waals surface area contributed by atoms with Crippen molar-refractivity contribution in [2.24, 2.45) is 0 Å². The van der Waals surface area contributed by atoms with Gasteiger partial charge in [-0.25, -0.2) is 9.59 Å². The van der Waals surface area contributed by atoms with Crippen LogP contribution in [0.5, 0.6) is 5.75 Å². The summed E-state index contributed by atoms with van der Waals surface area (Å²) in [5.74, 6) is -0.292. The molecule has 0 fully saturated rings. The van der Waals surface area contributed by atoms with Crippen molar-refractivity contribution in [3.63, 3.8) is 0 Å². The first-order valence-corrected chi connectivity index (χ1v) is 6.44. The number of benzene rings is 1.